The molecule has 10 nitrogen and oxygen atoms in total. The molecular weight excluding hydrogens is 737 g/mol. The average molecular weight is 787 g/mol. The zero-order chi connectivity index (χ0) is 39.0. The second-order valence-corrected chi connectivity index (χ2v) is 15.3. The normalized spacial score (nSPS) is 29.6. The minimum absolute atomic E-state index is 0.0266. The predicted octanol–water partition coefficient (Wildman–Crippen LogP) is 7.31. The Morgan fingerprint density at radius 2 is 0.741 bits per heavy atom. The van der Waals surface area contributed by atoms with Gasteiger partial charge in [-0.15, -0.1) is 0 Å². The first-order valence-corrected chi connectivity index (χ1v) is 20.1. The summed E-state index contributed by atoms with van der Waals surface area (Å²) in [6.45, 7) is 2.42. The largest absolute Gasteiger partial charge is 0.374 e. The van der Waals surface area contributed by atoms with Gasteiger partial charge in [-0.1, -0.05) is 146 Å². The molecule has 4 bridgehead atoms. The summed E-state index contributed by atoms with van der Waals surface area (Å²) in [6.07, 6.45) is -3.63. The van der Waals surface area contributed by atoms with Gasteiger partial charge in [0.1, 0.15) is 49.8 Å². The molecule has 302 valence electrons. The minimum Gasteiger partial charge on any atom is -0.374 e. The van der Waals surface area contributed by atoms with Crippen LogP contribution in [0.4, 0.5) is 0 Å². The van der Waals surface area contributed by atoms with E-state index in [2.05, 4.69) is 12.1 Å². The van der Waals surface area contributed by atoms with E-state index in [-0.39, 0.29) is 26.4 Å². The van der Waals surface area contributed by atoms with Crippen LogP contribution in [-0.4, -0.2) is 74.6 Å². The quantitative estimate of drug-likeness (QED) is 0.128. The van der Waals surface area contributed by atoms with Crippen LogP contribution < -0.4 is 0 Å². The fraction of sp³-hybridized carbons (Fsp3) is 0.375. The van der Waals surface area contributed by atoms with Crippen molar-refractivity contribution in [2.45, 2.75) is 87.8 Å². The van der Waals surface area contributed by atoms with Crippen LogP contribution in [0.3, 0.4) is 0 Å². The van der Waals surface area contributed by atoms with E-state index in [1.54, 1.807) is 0 Å². The summed E-state index contributed by atoms with van der Waals surface area (Å²) in [6, 6.07) is 48.4. The van der Waals surface area contributed by atoms with E-state index in [9.17, 15) is 0 Å². The Labute approximate surface area is 339 Å². The maximum atomic E-state index is 6.97. The van der Waals surface area contributed by atoms with Gasteiger partial charge < -0.3 is 47.4 Å². The Hall–Kier alpha value is -4.30. The molecule has 5 heterocycles. The van der Waals surface area contributed by atoms with Gasteiger partial charge in [-0.25, -0.2) is 0 Å². The SMILES string of the molecule is c1ccc(CO[C@@H]2[C@H]3COCc4ccccc4COC[C@H]4O[C@]5(CO[C@](CO5)(O3)[C@H]2OCc2ccccc2)[C@@H](OCc2ccccc2)[C@@H]4OCc2ccccc2)cc1. The summed E-state index contributed by atoms with van der Waals surface area (Å²) < 4.78 is 67.9. The number of benzene rings is 5. The number of hydrogen-bond donors (Lipinski definition) is 0. The van der Waals surface area contributed by atoms with E-state index < -0.39 is 48.2 Å². The van der Waals surface area contributed by atoms with Crippen LogP contribution in [0.25, 0.3) is 0 Å². The lowest BCUT2D eigenvalue weighted by Crippen LogP contribution is -2.63. The summed E-state index contributed by atoms with van der Waals surface area (Å²) in [5, 5.41) is 0. The summed E-state index contributed by atoms with van der Waals surface area (Å²) in [5.74, 6) is -2.71. The lowest BCUT2D eigenvalue weighted by Gasteiger charge is -2.46. The van der Waals surface area contributed by atoms with E-state index in [4.69, 9.17) is 47.4 Å². The van der Waals surface area contributed by atoms with Crippen molar-refractivity contribution in [2.24, 2.45) is 0 Å². The van der Waals surface area contributed by atoms with E-state index in [1.807, 2.05) is 133 Å². The third-order valence-electron chi connectivity index (χ3n) is 11.2. The van der Waals surface area contributed by atoms with Gasteiger partial charge in [-0.2, -0.15) is 0 Å². The van der Waals surface area contributed by atoms with Crippen molar-refractivity contribution in [2.75, 3.05) is 26.4 Å². The summed E-state index contributed by atoms with van der Waals surface area (Å²) in [4.78, 5) is 0. The topological polar surface area (TPSA) is 92.3 Å². The molecule has 5 aromatic rings. The molecule has 0 amide bonds. The molecule has 0 aromatic heterocycles. The van der Waals surface area contributed by atoms with Crippen LogP contribution in [0.15, 0.2) is 146 Å². The molecule has 10 heteroatoms. The van der Waals surface area contributed by atoms with Crippen molar-refractivity contribution in [3.63, 3.8) is 0 Å². The first-order valence-electron chi connectivity index (χ1n) is 20.1. The van der Waals surface area contributed by atoms with E-state index >= 15 is 0 Å². The van der Waals surface area contributed by atoms with Crippen LogP contribution in [0.5, 0.6) is 0 Å². The molecule has 5 aliphatic heterocycles. The second kappa shape index (κ2) is 18.3. The Kier molecular flexibility index (Phi) is 12.4. The maximum Gasteiger partial charge on any atom is 0.222 e. The molecule has 5 aromatic carbocycles. The Morgan fingerprint density at radius 3 is 1.09 bits per heavy atom. The van der Waals surface area contributed by atoms with Gasteiger partial charge in [0.05, 0.1) is 52.9 Å². The smallest absolute Gasteiger partial charge is 0.222 e. The van der Waals surface area contributed by atoms with Crippen LogP contribution in [0.2, 0.25) is 0 Å². The predicted molar refractivity (Wildman–Crippen MR) is 213 cm³/mol. The first-order chi connectivity index (χ1) is 28.7. The van der Waals surface area contributed by atoms with Crippen molar-refractivity contribution in [1.29, 1.82) is 0 Å². The third-order valence-corrected chi connectivity index (χ3v) is 11.2. The van der Waals surface area contributed by atoms with Crippen LogP contribution >= 0.6 is 0 Å². The zero-order valence-electron chi connectivity index (χ0n) is 32.5. The number of ether oxygens (including phenoxy) is 10. The number of fused-ring (bicyclic) bond motifs is 6. The minimum atomic E-state index is -1.35. The van der Waals surface area contributed by atoms with Crippen LogP contribution in [0, 0.1) is 0 Å². The van der Waals surface area contributed by atoms with Gasteiger partial charge >= 0.3 is 0 Å². The molecule has 0 N–H and O–H groups in total. The Balaban J connectivity index is 1.07. The van der Waals surface area contributed by atoms with Gasteiger partial charge in [0.25, 0.3) is 0 Å². The second-order valence-electron chi connectivity index (χ2n) is 15.3. The van der Waals surface area contributed by atoms with Gasteiger partial charge in [0, 0.05) is 0 Å². The average Bonchev–Trinajstić information content (AvgIpc) is 3.72. The summed E-state index contributed by atoms with van der Waals surface area (Å²) >= 11 is 0. The molecule has 3 saturated heterocycles. The molecule has 0 unspecified atom stereocenters. The van der Waals surface area contributed by atoms with Crippen molar-refractivity contribution >= 4 is 0 Å². The summed E-state index contributed by atoms with van der Waals surface area (Å²) in [5.41, 5.74) is 6.12. The van der Waals surface area contributed by atoms with Crippen LogP contribution in [0.1, 0.15) is 33.4 Å². The fourth-order valence-electron chi connectivity index (χ4n) is 8.22. The zero-order valence-corrected chi connectivity index (χ0v) is 32.5. The monoisotopic (exact) mass is 786 g/mol. The molecule has 0 aliphatic carbocycles. The summed E-state index contributed by atoms with van der Waals surface area (Å²) in [7, 11) is 0. The maximum absolute atomic E-state index is 6.97. The first kappa shape index (κ1) is 39.2. The Morgan fingerprint density at radius 1 is 0.414 bits per heavy atom. The number of hydrogen-bond acceptors (Lipinski definition) is 10. The van der Waals surface area contributed by atoms with Crippen LogP contribution in [-0.2, 0) is 87.0 Å². The molecule has 10 rings (SSSR count). The molecule has 5 aliphatic rings. The van der Waals surface area contributed by atoms with E-state index in [1.165, 1.54) is 0 Å². The lowest BCUT2D eigenvalue weighted by atomic mass is 10.0. The van der Waals surface area contributed by atoms with Crippen molar-refractivity contribution < 1.29 is 47.4 Å². The molecule has 3 fully saturated rings. The third kappa shape index (κ3) is 8.83. The van der Waals surface area contributed by atoms with Gasteiger partial charge in [-0.3, -0.25) is 0 Å². The van der Waals surface area contributed by atoms with Crippen molar-refractivity contribution in [1.82, 2.24) is 0 Å². The lowest BCUT2D eigenvalue weighted by molar-refractivity contribution is -0.406. The van der Waals surface area contributed by atoms with E-state index in [0.717, 1.165) is 33.4 Å². The van der Waals surface area contributed by atoms with Crippen molar-refractivity contribution in [3.8, 4) is 0 Å². The molecule has 0 saturated carbocycles. The molecule has 8 atom stereocenters. The van der Waals surface area contributed by atoms with Gasteiger partial charge in [0.15, 0.2) is 0 Å². The highest BCUT2D eigenvalue weighted by Gasteiger charge is 2.67. The fourth-order valence-corrected chi connectivity index (χ4v) is 8.22. The molecular formula is C48H50O10. The standard InChI is InChI=1S/C48H50O10/c1-5-15-35(16-6-1)25-51-43-41-31-49-29-39-23-13-14-24-40(39)30-50-32-42-44(52-26-36-17-7-2-8-18-36)46(54-28-38-21-11-4-12-22-38)48(58-42)34-55-47(57-41,33-56-48)45(43)53-27-37-19-9-3-10-20-37/h1-24,41-46H,25-34H2/t41-,42-,43-,44-,45+,46+,47-,48-/m1/s1. The number of rotatable bonds is 12. The molecule has 58 heavy (non-hydrogen) atoms. The van der Waals surface area contributed by atoms with Gasteiger partial charge in [0.2, 0.25) is 11.6 Å². The van der Waals surface area contributed by atoms with Gasteiger partial charge in [-0.05, 0) is 33.4 Å². The Bertz CT molecular complexity index is 1860. The highest BCUT2D eigenvalue weighted by Crippen LogP contribution is 2.47. The van der Waals surface area contributed by atoms with Crippen molar-refractivity contribution in [3.05, 3.63) is 179 Å². The molecule has 2 spiro atoms. The molecule has 0 radical (unpaired) electrons. The highest BCUT2D eigenvalue weighted by atomic mass is 16.8. The van der Waals surface area contributed by atoms with E-state index in [0.29, 0.717) is 39.6 Å². The highest BCUT2D eigenvalue weighted by molar-refractivity contribution is 5.26.